The van der Waals surface area contributed by atoms with E-state index in [1.807, 2.05) is 30.3 Å². The van der Waals surface area contributed by atoms with Crippen LogP contribution in [0, 0.1) is 0 Å². The first-order valence-corrected chi connectivity index (χ1v) is 9.71. The lowest BCUT2D eigenvalue weighted by Gasteiger charge is -2.19. The smallest absolute Gasteiger partial charge is 0.251 e. The largest absolute Gasteiger partial charge is 0.497 e. The highest BCUT2D eigenvalue weighted by Gasteiger charge is 2.15. The van der Waals surface area contributed by atoms with Crippen LogP contribution in [0.2, 0.25) is 0 Å². The average Bonchev–Trinajstić information content (AvgIpc) is 3.06. The highest BCUT2D eigenvalue weighted by molar-refractivity contribution is 7.22. The molecule has 2 N–H and O–H groups in total. The van der Waals surface area contributed by atoms with Crippen molar-refractivity contribution in [3.63, 3.8) is 0 Å². The minimum atomic E-state index is -0.328. The molecular weight excluding hydrogens is 374 g/mol. The standard InChI is InChI=1S/C21H23N3O3S/c1-21(2,3)14-7-5-13(6-8-14)19(26)22-12-18(25)24-20-23-16-10-9-15(27-4)11-17(16)28-20/h5-11H,12H2,1-4H3,(H,22,26)(H,23,24,25). The summed E-state index contributed by atoms with van der Waals surface area (Å²) in [6.45, 7) is 6.22. The van der Waals surface area contributed by atoms with Crippen LogP contribution in [0.5, 0.6) is 5.75 Å². The predicted octanol–water partition coefficient (Wildman–Crippen LogP) is 3.97. The number of ether oxygens (including phenoxy) is 1. The number of amides is 2. The molecule has 0 unspecified atom stereocenters. The maximum absolute atomic E-state index is 12.3. The quantitative estimate of drug-likeness (QED) is 0.683. The fourth-order valence-corrected chi connectivity index (χ4v) is 3.54. The van der Waals surface area contributed by atoms with E-state index in [-0.39, 0.29) is 23.8 Å². The number of hydrogen-bond donors (Lipinski definition) is 2. The summed E-state index contributed by atoms with van der Waals surface area (Å²) in [5, 5.41) is 5.84. The van der Waals surface area contributed by atoms with Crippen molar-refractivity contribution in [1.82, 2.24) is 10.3 Å². The maximum Gasteiger partial charge on any atom is 0.251 e. The van der Waals surface area contributed by atoms with E-state index in [9.17, 15) is 9.59 Å². The van der Waals surface area contributed by atoms with Gasteiger partial charge in [0.1, 0.15) is 5.75 Å². The van der Waals surface area contributed by atoms with Crippen LogP contribution >= 0.6 is 11.3 Å². The highest BCUT2D eigenvalue weighted by Crippen LogP contribution is 2.29. The molecule has 0 aliphatic carbocycles. The zero-order chi connectivity index (χ0) is 20.3. The van der Waals surface area contributed by atoms with Crippen LogP contribution in [-0.2, 0) is 10.2 Å². The Hall–Kier alpha value is -2.93. The molecule has 3 aromatic rings. The molecule has 0 aliphatic heterocycles. The van der Waals surface area contributed by atoms with Gasteiger partial charge in [-0.2, -0.15) is 0 Å². The highest BCUT2D eigenvalue weighted by atomic mass is 32.1. The Labute approximate surface area is 167 Å². The first kappa shape index (κ1) is 19.8. The number of carbonyl (C=O) groups is 2. The minimum absolute atomic E-state index is 0.0240. The van der Waals surface area contributed by atoms with Crippen LogP contribution in [-0.4, -0.2) is 30.5 Å². The molecule has 0 radical (unpaired) electrons. The van der Waals surface area contributed by atoms with Gasteiger partial charge >= 0.3 is 0 Å². The van der Waals surface area contributed by atoms with Crippen LogP contribution in [0.4, 0.5) is 5.13 Å². The van der Waals surface area contributed by atoms with Crippen LogP contribution in [0.25, 0.3) is 10.2 Å². The third-order valence-electron chi connectivity index (χ3n) is 4.26. The second kappa shape index (κ2) is 7.98. The summed E-state index contributed by atoms with van der Waals surface area (Å²) in [5.41, 5.74) is 2.47. The fraction of sp³-hybridized carbons (Fsp3) is 0.286. The van der Waals surface area contributed by atoms with E-state index in [4.69, 9.17) is 4.74 Å². The summed E-state index contributed by atoms with van der Waals surface area (Å²) in [6.07, 6.45) is 0. The van der Waals surface area contributed by atoms with Crippen molar-refractivity contribution >= 4 is 38.5 Å². The lowest BCUT2D eigenvalue weighted by atomic mass is 9.87. The maximum atomic E-state index is 12.3. The van der Waals surface area contributed by atoms with E-state index >= 15 is 0 Å². The molecule has 7 heteroatoms. The monoisotopic (exact) mass is 397 g/mol. The second-order valence-corrected chi connectivity index (χ2v) is 8.44. The number of aromatic nitrogens is 1. The normalized spacial score (nSPS) is 11.3. The zero-order valence-electron chi connectivity index (χ0n) is 16.3. The van der Waals surface area contributed by atoms with Crippen molar-refractivity contribution in [2.24, 2.45) is 0 Å². The van der Waals surface area contributed by atoms with E-state index in [2.05, 4.69) is 36.4 Å². The number of thiazole rings is 1. The summed E-state index contributed by atoms with van der Waals surface area (Å²) < 4.78 is 6.10. The fourth-order valence-electron chi connectivity index (χ4n) is 2.63. The summed E-state index contributed by atoms with van der Waals surface area (Å²) in [7, 11) is 1.60. The molecule has 146 valence electrons. The first-order chi connectivity index (χ1) is 13.3. The molecule has 1 heterocycles. The topological polar surface area (TPSA) is 80.3 Å². The van der Waals surface area contributed by atoms with Crippen LogP contribution < -0.4 is 15.4 Å². The zero-order valence-corrected chi connectivity index (χ0v) is 17.1. The van der Waals surface area contributed by atoms with Crippen molar-refractivity contribution in [3.05, 3.63) is 53.6 Å². The van der Waals surface area contributed by atoms with Crippen molar-refractivity contribution in [2.45, 2.75) is 26.2 Å². The number of rotatable bonds is 5. The SMILES string of the molecule is COc1ccc2nc(NC(=O)CNC(=O)c3ccc(C(C)(C)C)cc3)sc2c1. The van der Waals surface area contributed by atoms with E-state index in [1.54, 1.807) is 19.2 Å². The molecule has 0 bridgehead atoms. The molecule has 3 rings (SSSR count). The molecule has 0 fully saturated rings. The summed E-state index contributed by atoms with van der Waals surface area (Å²) in [5.74, 6) is 0.120. The van der Waals surface area contributed by atoms with E-state index in [0.29, 0.717) is 10.7 Å². The Morgan fingerprint density at radius 3 is 2.46 bits per heavy atom. The number of hydrogen-bond acceptors (Lipinski definition) is 5. The molecular formula is C21H23N3O3S. The molecule has 0 aliphatic rings. The summed E-state index contributed by atoms with van der Waals surface area (Å²) in [6, 6.07) is 12.9. The number of anilines is 1. The molecule has 2 amide bonds. The molecule has 28 heavy (non-hydrogen) atoms. The van der Waals surface area contributed by atoms with Gasteiger partial charge in [0, 0.05) is 5.56 Å². The van der Waals surface area contributed by atoms with Gasteiger partial charge in [-0.3, -0.25) is 9.59 Å². The van der Waals surface area contributed by atoms with Crippen LogP contribution in [0.15, 0.2) is 42.5 Å². The van der Waals surface area contributed by atoms with Crippen molar-refractivity contribution in [1.29, 1.82) is 0 Å². The number of benzene rings is 2. The molecule has 0 spiro atoms. The van der Waals surface area contributed by atoms with Crippen molar-refractivity contribution in [3.8, 4) is 5.75 Å². The molecule has 0 saturated carbocycles. The lowest BCUT2D eigenvalue weighted by Crippen LogP contribution is -2.32. The van der Waals surface area contributed by atoms with Crippen LogP contribution in [0.3, 0.4) is 0 Å². The molecule has 0 atom stereocenters. The third-order valence-corrected chi connectivity index (χ3v) is 5.20. The molecule has 0 saturated heterocycles. The van der Waals surface area contributed by atoms with Gasteiger partial charge in [-0.25, -0.2) is 4.98 Å². The second-order valence-electron chi connectivity index (χ2n) is 7.41. The Morgan fingerprint density at radius 1 is 1.11 bits per heavy atom. The Kier molecular flexibility index (Phi) is 5.65. The number of methoxy groups -OCH3 is 1. The van der Waals surface area contributed by atoms with E-state index in [0.717, 1.165) is 21.5 Å². The Balaban J connectivity index is 1.57. The lowest BCUT2D eigenvalue weighted by molar-refractivity contribution is -0.115. The van der Waals surface area contributed by atoms with Gasteiger partial charge in [0.25, 0.3) is 5.91 Å². The number of nitrogens with zero attached hydrogens (tertiary/aromatic N) is 1. The predicted molar refractivity (Wildman–Crippen MR) is 112 cm³/mol. The van der Waals surface area contributed by atoms with Gasteiger partial charge in [0.15, 0.2) is 5.13 Å². The minimum Gasteiger partial charge on any atom is -0.497 e. The van der Waals surface area contributed by atoms with Crippen LogP contribution in [0.1, 0.15) is 36.7 Å². The van der Waals surface area contributed by atoms with Gasteiger partial charge in [-0.1, -0.05) is 44.2 Å². The van der Waals surface area contributed by atoms with Crippen molar-refractivity contribution < 1.29 is 14.3 Å². The Bertz CT molecular complexity index is 1000. The Morgan fingerprint density at radius 2 is 1.82 bits per heavy atom. The van der Waals surface area contributed by atoms with Gasteiger partial charge in [0.2, 0.25) is 5.91 Å². The summed E-state index contributed by atoms with van der Waals surface area (Å²) in [4.78, 5) is 28.8. The third kappa shape index (κ3) is 4.67. The van der Waals surface area contributed by atoms with Gasteiger partial charge < -0.3 is 15.4 Å². The van der Waals surface area contributed by atoms with Gasteiger partial charge in [-0.05, 0) is 41.3 Å². The molecule has 2 aromatic carbocycles. The number of carbonyl (C=O) groups excluding carboxylic acids is 2. The van der Waals surface area contributed by atoms with Gasteiger partial charge in [-0.15, -0.1) is 0 Å². The molecule has 6 nitrogen and oxygen atoms in total. The van der Waals surface area contributed by atoms with Crippen molar-refractivity contribution in [2.75, 3.05) is 19.0 Å². The first-order valence-electron chi connectivity index (χ1n) is 8.89. The van der Waals surface area contributed by atoms with Gasteiger partial charge in [0.05, 0.1) is 23.9 Å². The van der Waals surface area contributed by atoms with E-state index in [1.165, 1.54) is 11.3 Å². The number of fused-ring (bicyclic) bond motifs is 1. The molecule has 1 aromatic heterocycles. The average molecular weight is 398 g/mol. The summed E-state index contributed by atoms with van der Waals surface area (Å²) >= 11 is 1.35. The van der Waals surface area contributed by atoms with E-state index < -0.39 is 0 Å². The number of nitrogens with one attached hydrogen (secondary N) is 2.